The Kier molecular flexibility index (Phi) is 3.92. The number of rotatable bonds is 3. The second-order valence-electron chi connectivity index (χ2n) is 3.57. The molecule has 4 heteroatoms. The number of carbonyl (C=O) groups excluding carboxylic acids is 1. The van der Waals surface area contributed by atoms with E-state index in [0.717, 1.165) is 10.2 Å². The minimum Gasteiger partial charge on any atom is -0.294 e. The van der Waals surface area contributed by atoms with E-state index in [4.69, 9.17) is 11.6 Å². The van der Waals surface area contributed by atoms with Gasteiger partial charge in [0, 0.05) is 26.9 Å². The summed E-state index contributed by atoms with van der Waals surface area (Å²) >= 11 is 9.07. The Morgan fingerprint density at radius 1 is 1.18 bits per heavy atom. The lowest BCUT2D eigenvalue weighted by atomic mass is 10.1. The van der Waals surface area contributed by atoms with Crippen molar-refractivity contribution in [2.75, 3.05) is 0 Å². The molecule has 1 heterocycles. The molecule has 2 nitrogen and oxygen atoms in total. The number of Topliss-reactive ketones (excluding diaryl/α,β-unsaturated/α-hetero) is 1. The molecule has 0 aliphatic carbocycles. The molecule has 0 N–H and O–H groups in total. The highest BCUT2D eigenvalue weighted by atomic mass is 79.9. The zero-order valence-corrected chi connectivity index (χ0v) is 11.2. The fourth-order valence-corrected chi connectivity index (χ4v) is 1.77. The molecule has 0 radical (unpaired) electrons. The summed E-state index contributed by atoms with van der Waals surface area (Å²) in [5.74, 6) is 0.0384. The highest BCUT2D eigenvalue weighted by Crippen LogP contribution is 2.13. The molecule has 0 bridgehead atoms. The van der Waals surface area contributed by atoms with E-state index >= 15 is 0 Å². The van der Waals surface area contributed by atoms with E-state index in [1.165, 1.54) is 0 Å². The van der Waals surface area contributed by atoms with Crippen LogP contribution in [0.5, 0.6) is 0 Å². The fourth-order valence-electron chi connectivity index (χ4n) is 1.41. The van der Waals surface area contributed by atoms with Gasteiger partial charge in [-0.05, 0) is 52.3 Å². The lowest BCUT2D eigenvalue weighted by molar-refractivity contribution is 0.0992. The van der Waals surface area contributed by atoms with Crippen molar-refractivity contribution in [1.29, 1.82) is 0 Å². The Balaban J connectivity index is 2.11. The first-order valence-electron chi connectivity index (χ1n) is 5.04. The lowest BCUT2D eigenvalue weighted by Gasteiger charge is -2.01. The van der Waals surface area contributed by atoms with Crippen molar-refractivity contribution in [3.63, 3.8) is 0 Å². The average Bonchev–Trinajstić information content (AvgIpc) is 2.33. The lowest BCUT2D eigenvalue weighted by Crippen LogP contribution is -2.04. The normalized spacial score (nSPS) is 10.2. The van der Waals surface area contributed by atoms with Gasteiger partial charge in [-0.2, -0.15) is 0 Å². The Morgan fingerprint density at radius 2 is 1.88 bits per heavy atom. The maximum atomic E-state index is 11.9. The first-order valence-corrected chi connectivity index (χ1v) is 6.21. The molecule has 0 amide bonds. The number of ketones is 1. The van der Waals surface area contributed by atoms with Crippen LogP contribution >= 0.6 is 27.5 Å². The Labute approximate surface area is 113 Å². The SMILES string of the molecule is O=C(Cc1ccc(Br)cn1)c1ccc(Cl)cc1. The molecular formula is C13H9BrClNO. The Bertz CT molecular complexity index is 522. The van der Waals surface area contributed by atoms with Crippen LogP contribution in [0.3, 0.4) is 0 Å². The quantitative estimate of drug-likeness (QED) is 0.804. The van der Waals surface area contributed by atoms with E-state index in [-0.39, 0.29) is 5.78 Å². The molecule has 0 unspecified atom stereocenters. The largest absolute Gasteiger partial charge is 0.294 e. The summed E-state index contributed by atoms with van der Waals surface area (Å²) in [5.41, 5.74) is 1.41. The van der Waals surface area contributed by atoms with Crippen molar-refractivity contribution in [2.24, 2.45) is 0 Å². The zero-order valence-electron chi connectivity index (χ0n) is 8.86. The topological polar surface area (TPSA) is 30.0 Å². The molecule has 2 aromatic rings. The molecule has 0 saturated heterocycles. The average molecular weight is 311 g/mol. The van der Waals surface area contributed by atoms with Gasteiger partial charge in [-0.25, -0.2) is 0 Å². The molecule has 2 rings (SSSR count). The summed E-state index contributed by atoms with van der Waals surface area (Å²) in [6.45, 7) is 0. The van der Waals surface area contributed by atoms with Gasteiger partial charge in [0.2, 0.25) is 0 Å². The number of hydrogen-bond donors (Lipinski definition) is 0. The molecule has 17 heavy (non-hydrogen) atoms. The maximum absolute atomic E-state index is 11.9. The van der Waals surface area contributed by atoms with Crippen molar-refractivity contribution >= 4 is 33.3 Å². The van der Waals surface area contributed by atoms with E-state index in [2.05, 4.69) is 20.9 Å². The van der Waals surface area contributed by atoms with Crippen LogP contribution in [0.2, 0.25) is 5.02 Å². The molecule has 0 fully saturated rings. The first kappa shape index (κ1) is 12.3. The van der Waals surface area contributed by atoms with Gasteiger partial charge in [0.05, 0.1) is 6.42 Å². The summed E-state index contributed by atoms with van der Waals surface area (Å²) in [6, 6.07) is 10.6. The van der Waals surface area contributed by atoms with Crippen LogP contribution in [0.25, 0.3) is 0 Å². The van der Waals surface area contributed by atoms with Crippen LogP contribution in [-0.4, -0.2) is 10.8 Å². The van der Waals surface area contributed by atoms with Crippen molar-refractivity contribution in [2.45, 2.75) is 6.42 Å². The number of benzene rings is 1. The van der Waals surface area contributed by atoms with Gasteiger partial charge in [-0.15, -0.1) is 0 Å². The molecule has 86 valence electrons. The minimum absolute atomic E-state index is 0.0384. The van der Waals surface area contributed by atoms with Crippen LogP contribution in [-0.2, 0) is 6.42 Å². The molecule has 0 spiro atoms. The van der Waals surface area contributed by atoms with Gasteiger partial charge >= 0.3 is 0 Å². The van der Waals surface area contributed by atoms with Crippen molar-refractivity contribution < 1.29 is 4.79 Å². The van der Waals surface area contributed by atoms with Crippen molar-refractivity contribution in [3.8, 4) is 0 Å². The van der Waals surface area contributed by atoms with Crippen molar-refractivity contribution in [1.82, 2.24) is 4.98 Å². The van der Waals surface area contributed by atoms with E-state index in [1.807, 2.05) is 12.1 Å². The standard InChI is InChI=1S/C13H9BrClNO/c14-10-3-6-12(16-8-10)7-13(17)9-1-4-11(15)5-2-9/h1-6,8H,7H2. The van der Waals surface area contributed by atoms with Crippen LogP contribution < -0.4 is 0 Å². The third kappa shape index (κ3) is 3.38. The highest BCUT2D eigenvalue weighted by Gasteiger charge is 2.07. The van der Waals surface area contributed by atoms with E-state index < -0.39 is 0 Å². The van der Waals surface area contributed by atoms with Gasteiger partial charge in [-0.1, -0.05) is 11.6 Å². The van der Waals surface area contributed by atoms with Crippen LogP contribution in [0.1, 0.15) is 16.1 Å². The molecule has 1 aromatic heterocycles. The second-order valence-corrected chi connectivity index (χ2v) is 4.93. The number of hydrogen-bond acceptors (Lipinski definition) is 2. The second kappa shape index (κ2) is 5.43. The van der Waals surface area contributed by atoms with E-state index in [0.29, 0.717) is 17.0 Å². The van der Waals surface area contributed by atoms with Gasteiger partial charge in [0.15, 0.2) is 5.78 Å². The van der Waals surface area contributed by atoms with Crippen molar-refractivity contribution in [3.05, 3.63) is 63.3 Å². The molecule has 0 saturated carbocycles. The number of nitrogens with zero attached hydrogens (tertiary/aromatic N) is 1. The minimum atomic E-state index is 0.0384. The fraction of sp³-hybridized carbons (Fsp3) is 0.0769. The summed E-state index contributed by atoms with van der Waals surface area (Å²) in [5, 5.41) is 0.628. The van der Waals surface area contributed by atoms with Gasteiger partial charge in [0.25, 0.3) is 0 Å². The smallest absolute Gasteiger partial charge is 0.168 e. The molecule has 0 aliphatic rings. The third-order valence-electron chi connectivity index (χ3n) is 2.30. The van der Waals surface area contributed by atoms with E-state index in [9.17, 15) is 4.79 Å². The Hall–Kier alpha value is -1.19. The van der Waals surface area contributed by atoms with Crippen LogP contribution in [0.4, 0.5) is 0 Å². The predicted octanol–water partition coefficient (Wildman–Crippen LogP) is 3.92. The molecular weight excluding hydrogens is 302 g/mol. The maximum Gasteiger partial charge on any atom is 0.168 e. The molecule has 0 atom stereocenters. The van der Waals surface area contributed by atoms with Gasteiger partial charge in [-0.3, -0.25) is 9.78 Å². The molecule has 0 aliphatic heterocycles. The van der Waals surface area contributed by atoms with E-state index in [1.54, 1.807) is 30.5 Å². The third-order valence-corrected chi connectivity index (χ3v) is 3.02. The van der Waals surface area contributed by atoms with Crippen LogP contribution in [0.15, 0.2) is 47.1 Å². The van der Waals surface area contributed by atoms with Gasteiger partial charge < -0.3 is 0 Å². The summed E-state index contributed by atoms with van der Waals surface area (Å²) in [4.78, 5) is 16.1. The predicted molar refractivity (Wildman–Crippen MR) is 71.4 cm³/mol. The number of aromatic nitrogens is 1. The number of pyridine rings is 1. The monoisotopic (exact) mass is 309 g/mol. The Morgan fingerprint density at radius 3 is 2.47 bits per heavy atom. The summed E-state index contributed by atoms with van der Waals surface area (Å²) in [7, 11) is 0. The zero-order chi connectivity index (χ0) is 12.3. The highest BCUT2D eigenvalue weighted by molar-refractivity contribution is 9.10. The van der Waals surface area contributed by atoms with Crippen LogP contribution in [0, 0.1) is 0 Å². The summed E-state index contributed by atoms with van der Waals surface area (Å²) < 4.78 is 0.903. The molecule has 1 aromatic carbocycles. The van der Waals surface area contributed by atoms with Gasteiger partial charge in [0.1, 0.15) is 0 Å². The first-order chi connectivity index (χ1) is 8.15. The number of carbonyl (C=O) groups is 1. The summed E-state index contributed by atoms with van der Waals surface area (Å²) in [6.07, 6.45) is 1.99. The number of halogens is 2.